The summed E-state index contributed by atoms with van der Waals surface area (Å²) in [5.74, 6) is 1.74. The molecule has 0 heterocycles. The van der Waals surface area contributed by atoms with Crippen LogP contribution in [-0.2, 0) is 6.61 Å². The van der Waals surface area contributed by atoms with Gasteiger partial charge in [0.1, 0.15) is 23.9 Å². The van der Waals surface area contributed by atoms with Crippen LogP contribution in [0.1, 0.15) is 15.9 Å². The van der Waals surface area contributed by atoms with E-state index in [0.29, 0.717) is 32.8 Å². The Bertz CT molecular complexity index is 1010. The van der Waals surface area contributed by atoms with Gasteiger partial charge in [-0.25, -0.2) is 0 Å². The molecule has 0 saturated heterocycles. The lowest BCUT2D eigenvalue weighted by atomic mass is 10.1. The number of carbonyl (C=O) groups is 1. The van der Waals surface area contributed by atoms with E-state index in [0.717, 1.165) is 11.3 Å². The van der Waals surface area contributed by atoms with Gasteiger partial charge < -0.3 is 19.5 Å². The van der Waals surface area contributed by atoms with Crippen LogP contribution in [-0.4, -0.2) is 20.1 Å². The van der Waals surface area contributed by atoms with E-state index in [1.54, 1.807) is 50.6 Å². The first-order valence-corrected chi connectivity index (χ1v) is 9.46. The van der Waals surface area contributed by atoms with Gasteiger partial charge in [0.2, 0.25) is 0 Å². The molecule has 0 fully saturated rings. The lowest BCUT2D eigenvalue weighted by Gasteiger charge is -2.13. The van der Waals surface area contributed by atoms with Crippen molar-refractivity contribution in [1.82, 2.24) is 0 Å². The van der Waals surface area contributed by atoms with Crippen LogP contribution >= 0.6 is 23.2 Å². The van der Waals surface area contributed by atoms with Crippen LogP contribution in [0.3, 0.4) is 0 Å². The van der Waals surface area contributed by atoms with Crippen LogP contribution in [0, 0.1) is 0 Å². The van der Waals surface area contributed by atoms with Gasteiger partial charge in [-0.2, -0.15) is 0 Å². The highest BCUT2D eigenvalue weighted by Gasteiger charge is 2.13. The molecule has 3 aromatic carbocycles. The van der Waals surface area contributed by atoms with Crippen molar-refractivity contribution >= 4 is 34.8 Å². The number of amides is 1. The maximum Gasteiger partial charge on any atom is 0.255 e. The molecule has 5 nitrogen and oxygen atoms in total. The molecule has 0 bridgehead atoms. The predicted molar refractivity (Wildman–Crippen MR) is 115 cm³/mol. The molecule has 0 unspecified atom stereocenters. The molecule has 0 aliphatic heterocycles. The van der Waals surface area contributed by atoms with Gasteiger partial charge in [-0.3, -0.25) is 4.79 Å². The number of benzene rings is 3. The molecule has 0 saturated carbocycles. The number of halogens is 2. The largest absolute Gasteiger partial charge is 0.497 e. The van der Waals surface area contributed by atoms with Crippen LogP contribution < -0.4 is 19.5 Å². The number of methoxy groups -OCH3 is 2. The van der Waals surface area contributed by atoms with E-state index in [1.807, 2.05) is 24.3 Å². The van der Waals surface area contributed by atoms with Crippen LogP contribution in [0.4, 0.5) is 5.69 Å². The summed E-state index contributed by atoms with van der Waals surface area (Å²) in [6.45, 7) is 0.234. The third-order valence-electron chi connectivity index (χ3n) is 4.18. The Kier molecular flexibility index (Phi) is 6.86. The minimum atomic E-state index is -0.303. The van der Waals surface area contributed by atoms with Gasteiger partial charge in [0.25, 0.3) is 5.91 Å². The lowest BCUT2D eigenvalue weighted by molar-refractivity contribution is 0.102. The maximum atomic E-state index is 12.6. The first-order chi connectivity index (χ1) is 14.0. The molecule has 0 aromatic heterocycles. The van der Waals surface area contributed by atoms with E-state index >= 15 is 0 Å². The number of rotatable bonds is 7. The first-order valence-electron chi connectivity index (χ1n) is 8.70. The Labute approximate surface area is 179 Å². The van der Waals surface area contributed by atoms with Gasteiger partial charge >= 0.3 is 0 Å². The van der Waals surface area contributed by atoms with Gasteiger partial charge in [-0.15, -0.1) is 0 Å². The van der Waals surface area contributed by atoms with E-state index in [4.69, 9.17) is 37.4 Å². The summed E-state index contributed by atoms with van der Waals surface area (Å²) in [6.07, 6.45) is 0. The van der Waals surface area contributed by atoms with Crippen molar-refractivity contribution < 1.29 is 19.0 Å². The Balaban J connectivity index is 1.75. The summed E-state index contributed by atoms with van der Waals surface area (Å²) in [6, 6.07) is 17.3. The van der Waals surface area contributed by atoms with Crippen molar-refractivity contribution in [2.24, 2.45) is 0 Å². The van der Waals surface area contributed by atoms with E-state index in [1.165, 1.54) is 0 Å². The summed E-state index contributed by atoms with van der Waals surface area (Å²) in [5.41, 5.74) is 1.66. The van der Waals surface area contributed by atoms with Gasteiger partial charge in [-0.05, 0) is 60.7 Å². The second-order valence-corrected chi connectivity index (χ2v) is 6.91. The van der Waals surface area contributed by atoms with Crippen LogP contribution in [0.2, 0.25) is 10.0 Å². The van der Waals surface area contributed by atoms with Crippen molar-refractivity contribution in [3.05, 3.63) is 81.8 Å². The van der Waals surface area contributed by atoms with E-state index < -0.39 is 0 Å². The summed E-state index contributed by atoms with van der Waals surface area (Å²) >= 11 is 12.0. The zero-order valence-corrected chi connectivity index (χ0v) is 17.4. The molecule has 0 aliphatic carbocycles. The Morgan fingerprint density at radius 1 is 0.897 bits per heavy atom. The van der Waals surface area contributed by atoms with Crippen LogP contribution in [0.5, 0.6) is 17.2 Å². The molecule has 0 radical (unpaired) electrons. The molecule has 1 amide bonds. The fraction of sp³-hybridized carbons (Fsp3) is 0.136. The van der Waals surface area contributed by atoms with Crippen molar-refractivity contribution in [2.45, 2.75) is 6.61 Å². The number of carbonyl (C=O) groups excluding carboxylic acids is 1. The van der Waals surface area contributed by atoms with Gasteiger partial charge in [0, 0.05) is 16.1 Å². The minimum absolute atomic E-state index is 0.234. The molecule has 150 valence electrons. The average Bonchev–Trinajstić information content (AvgIpc) is 2.74. The SMILES string of the molecule is COc1ccc(OCc2cc(C(=O)Nc3ccc(Cl)cc3Cl)ccc2OC)cc1. The first kappa shape index (κ1) is 20.8. The molecule has 29 heavy (non-hydrogen) atoms. The second-order valence-electron chi connectivity index (χ2n) is 6.07. The minimum Gasteiger partial charge on any atom is -0.497 e. The van der Waals surface area contributed by atoms with Gasteiger partial charge in [0.15, 0.2) is 0 Å². The standard InChI is InChI=1S/C22H19Cl2NO4/c1-27-17-5-7-18(8-6-17)29-13-15-11-14(3-10-21(15)28-2)22(26)25-20-9-4-16(23)12-19(20)24/h3-12H,13H2,1-2H3,(H,25,26). The number of ether oxygens (including phenoxy) is 3. The highest BCUT2D eigenvalue weighted by molar-refractivity contribution is 6.36. The predicted octanol–water partition coefficient (Wildman–Crippen LogP) is 5.84. The molecule has 0 aliphatic rings. The highest BCUT2D eigenvalue weighted by atomic mass is 35.5. The summed E-state index contributed by atoms with van der Waals surface area (Å²) in [7, 11) is 3.17. The van der Waals surface area contributed by atoms with Crippen LogP contribution in [0.25, 0.3) is 0 Å². The van der Waals surface area contributed by atoms with Crippen LogP contribution in [0.15, 0.2) is 60.7 Å². The average molecular weight is 432 g/mol. The number of nitrogens with one attached hydrogen (secondary N) is 1. The van der Waals surface area contributed by atoms with E-state index in [9.17, 15) is 4.79 Å². The number of hydrogen-bond donors (Lipinski definition) is 1. The van der Waals surface area contributed by atoms with Crippen molar-refractivity contribution in [1.29, 1.82) is 0 Å². The summed E-state index contributed by atoms with van der Waals surface area (Å²) in [5, 5.41) is 3.64. The molecule has 3 aromatic rings. The number of hydrogen-bond acceptors (Lipinski definition) is 4. The Hall–Kier alpha value is -2.89. The molecule has 1 N–H and O–H groups in total. The Morgan fingerprint density at radius 2 is 1.62 bits per heavy atom. The summed E-state index contributed by atoms with van der Waals surface area (Å²) < 4.78 is 16.3. The quantitative estimate of drug-likeness (QED) is 0.510. The van der Waals surface area contributed by atoms with Crippen molar-refractivity contribution in [3.63, 3.8) is 0 Å². The normalized spacial score (nSPS) is 10.3. The monoisotopic (exact) mass is 431 g/mol. The topological polar surface area (TPSA) is 56.8 Å². The third-order valence-corrected chi connectivity index (χ3v) is 4.72. The maximum absolute atomic E-state index is 12.6. The molecular weight excluding hydrogens is 413 g/mol. The Morgan fingerprint density at radius 3 is 2.28 bits per heavy atom. The van der Waals surface area contributed by atoms with E-state index in [2.05, 4.69) is 5.32 Å². The lowest BCUT2D eigenvalue weighted by Crippen LogP contribution is -2.13. The smallest absolute Gasteiger partial charge is 0.255 e. The van der Waals surface area contributed by atoms with Crippen molar-refractivity contribution in [2.75, 3.05) is 19.5 Å². The second kappa shape index (κ2) is 9.54. The fourth-order valence-corrected chi connectivity index (χ4v) is 3.11. The van der Waals surface area contributed by atoms with Gasteiger partial charge in [0.05, 0.1) is 24.9 Å². The van der Waals surface area contributed by atoms with Crippen molar-refractivity contribution in [3.8, 4) is 17.2 Å². The molecule has 0 atom stereocenters. The highest BCUT2D eigenvalue weighted by Crippen LogP contribution is 2.27. The molecule has 0 spiro atoms. The van der Waals surface area contributed by atoms with Gasteiger partial charge in [-0.1, -0.05) is 23.2 Å². The molecular formula is C22H19Cl2NO4. The zero-order chi connectivity index (χ0) is 20.8. The third kappa shape index (κ3) is 5.34. The molecule has 7 heteroatoms. The molecule has 3 rings (SSSR count). The number of anilines is 1. The fourth-order valence-electron chi connectivity index (χ4n) is 2.65. The zero-order valence-electron chi connectivity index (χ0n) is 15.9. The summed E-state index contributed by atoms with van der Waals surface area (Å²) in [4.78, 5) is 12.6. The van der Waals surface area contributed by atoms with E-state index in [-0.39, 0.29) is 12.5 Å².